The number of hydrogen-bond acceptors (Lipinski definition) is 5. The number of nitrogens with two attached hydrogens (primary N) is 1. The van der Waals surface area contributed by atoms with Crippen molar-refractivity contribution in [2.24, 2.45) is 10.9 Å². The van der Waals surface area contributed by atoms with E-state index in [2.05, 4.69) is 20.0 Å². The van der Waals surface area contributed by atoms with Gasteiger partial charge < -0.3 is 10.9 Å². The van der Waals surface area contributed by atoms with E-state index in [1.165, 1.54) is 0 Å². The van der Waals surface area contributed by atoms with Crippen LogP contribution in [0, 0.1) is 0 Å². The Hall–Kier alpha value is -1.69. The summed E-state index contributed by atoms with van der Waals surface area (Å²) in [5.74, 6) is 1.05. The lowest BCUT2D eigenvalue weighted by molar-refractivity contribution is 0.174. The number of likely N-dealkylation sites (tertiary alicyclic amines) is 1. The number of nitrogens with zero attached hydrogens (tertiary/aromatic N) is 4. The Morgan fingerprint density at radius 3 is 2.94 bits per heavy atom. The van der Waals surface area contributed by atoms with Crippen LogP contribution in [0.15, 0.2) is 23.6 Å². The maximum absolute atomic E-state index is 8.78. The van der Waals surface area contributed by atoms with Crippen LogP contribution in [0.1, 0.15) is 25.1 Å². The average Bonchev–Trinajstić information content (AvgIpc) is 2.40. The molecule has 0 aromatic carbocycles. The predicted molar refractivity (Wildman–Crippen MR) is 63.5 cm³/mol. The predicted octanol–water partition coefficient (Wildman–Crippen LogP) is 0.577. The van der Waals surface area contributed by atoms with E-state index >= 15 is 0 Å². The summed E-state index contributed by atoms with van der Waals surface area (Å²) in [6.45, 7) is 1.57. The van der Waals surface area contributed by atoms with E-state index in [0.29, 0.717) is 6.54 Å². The molecule has 0 spiro atoms. The number of piperidine rings is 1. The lowest BCUT2D eigenvalue weighted by Crippen LogP contribution is -2.47. The van der Waals surface area contributed by atoms with Crippen LogP contribution < -0.4 is 5.73 Å². The third-order valence-electron chi connectivity index (χ3n) is 3.03. The summed E-state index contributed by atoms with van der Waals surface area (Å²) in [5.41, 5.74) is 5.71. The van der Waals surface area contributed by atoms with Crippen LogP contribution in [0.2, 0.25) is 0 Å². The summed E-state index contributed by atoms with van der Waals surface area (Å²) in [5, 5.41) is 11.9. The Labute approximate surface area is 100 Å². The van der Waals surface area contributed by atoms with E-state index in [1.807, 2.05) is 0 Å². The number of hydrogen-bond donors (Lipinski definition) is 2. The Balaban J connectivity index is 2.07. The molecule has 3 N–H and O–H groups in total. The van der Waals surface area contributed by atoms with Crippen molar-refractivity contribution >= 4 is 5.84 Å². The molecular weight excluding hydrogens is 218 g/mol. The van der Waals surface area contributed by atoms with Gasteiger partial charge in [0.15, 0.2) is 5.84 Å². The maximum atomic E-state index is 8.78. The molecule has 1 saturated heterocycles. The fourth-order valence-corrected chi connectivity index (χ4v) is 2.18. The topological polar surface area (TPSA) is 87.6 Å². The van der Waals surface area contributed by atoms with Gasteiger partial charge in [-0.05, 0) is 25.5 Å². The quantitative estimate of drug-likeness (QED) is 0.346. The minimum Gasteiger partial charge on any atom is -0.409 e. The van der Waals surface area contributed by atoms with Gasteiger partial charge in [-0.2, -0.15) is 0 Å². The molecule has 92 valence electrons. The van der Waals surface area contributed by atoms with Crippen molar-refractivity contribution in [1.82, 2.24) is 14.9 Å². The normalized spacial score (nSPS) is 22.6. The molecule has 0 aliphatic carbocycles. The highest BCUT2D eigenvalue weighted by molar-refractivity contribution is 5.85. The van der Waals surface area contributed by atoms with Gasteiger partial charge in [-0.3, -0.25) is 4.90 Å². The highest BCUT2D eigenvalue weighted by atomic mass is 16.4. The first-order valence-electron chi connectivity index (χ1n) is 5.78. The molecule has 0 amide bonds. The molecule has 2 heterocycles. The molecule has 1 fully saturated rings. The van der Waals surface area contributed by atoms with E-state index in [4.69, 9.17) is 10.9 Å². The molecule has 0 saturated carbocycles. The molecule has 0 bridgehead atoms. The minimum absolute atomic E-state index is 0.00226. The van der Waals surface area contributed by atoms with Crippen LogP contribution in [0.25, 0.3) is 0 Å². The van der Waals surface area contributed by atoms with Gasteiger partial charge in [0.25, 0.3) is 0 Å². The highest BCUT2D eigenvalue weighted by Gasteiger charge is 2.26. The van der Waals surface area contributed by atoms with Gasteiger partial charge in [-0.25, -0.2) is 9.97 Å². The second-order valence-electron chi connectivity index (χ2n) is 4.17. The van der Waals surface area contributed by atoms with Gasteiger partial charge in [0.05, 0.1) is 12.6 Å². The second kappa shape index (κ2) is 5.58. The van der Waals surface area contributed by atoms with E-state index in [9.17, 15) is 0 Å². The van der Waals surface area contributed by atoms with Gasteiger partial charge >= 0.3 is 0 Å². The van der Waals surface area contributed by atoms with E-state index in [0.717, 1.165) is 31.6 Å². The molecule has 0 radical (unpaired) electrons. The lowest BCUT2D eigenvalue weighted by Gasteiger charge is -2.34. The second-order valence-corrected chi connectivity index (χ2v) is 4.17. The Bertz CT molecular complexity index is 381. The summed E-state index contributed by atoms with van der Waals surface area (Å²) in [4.78, 5) is 10.6. The average molecular weight is 235 g/mol. The summed E-state index contributed by atoms with van der Waals surface area (Å²) < 4.78 is 0. The van der Waals surface area contributed by atoms with E-state index in [1.54, 1.807) is 18.5 Å². The van der Waals surface area contributed by atoms with Crippen LogP contribution >= 0.6 is 0 Å². The van der Waals surface area contributed by atoms with Crippen molar-refractivity contribution in [2.45, 2.75) is 31.8 Å². The molecule has 6 nitrogen and oxygen atoms in total. The standard InChI is InChI=1S/C11H17N5O/c12-11(15-17)9-4-1-2-7-16(9)8-10-13-5-3-6-14-10/h3,5-6,9,17H,1-2,4,7-8H2,(H2,12,15). The van der Waals surface area contributed by atoms with Crippen molar-refractivity contribution in [3.05, 3.63) is 24.3 Å². The van der Waals surface area contributed by atoms with Crippen molar-refractivity contribution < 1.29 is 5.21 Å². The van der Waals surface area contributed by atoms with Crippen LogP contribution in [0.5, 0.6) is 0 Å². The molecule has 1 atom stereocenters. The zero-order valence-corrected chi connectivity index (χ0v) is 9.66. The molecule has 1 unspecified atom stereocenters. The molecule has 6 heteroatoms. The number of aromatic nitrogens is 2. The molecular formula is C11H17N5O. The number of oxime groups is 1. The first kappa shape index (κ1) is 11.8. The van der Waals surface area contributed by atoms with Crippen molar-refractivity contribution in [2.75, 3.05) is 6.54 Å². The van der Waals surface area contributed by atoms with Gasteiger partial charge in [0.1, 0.15) is 5.82 Å². The van der Waals surface area contributed by atoms with E-state index in [-0.39, 0.29) is 11.9 Å². The molecule has 1 aromatic rings. The van der Waals surface area contributed by atoms with E-state index < -0.39 is 0 Å². The molecule has 1 aliphatic heterocycles. The first-order valence-corrected chi connectivity index (χ1v) is 5.78. The van der Waals surface area contributed by atoms with Gasteiger partial charge in [0.2, 0.25) is 0 Å². The first-order chi connectivity index (χ1) is 8.31. The number of rotatable bonds is 3. The smallest absolute Gasteiger partial charge is 0.156 e. The number of amidine groups is 1. The molecule has 1 aromatic heterocycles. The molecule has 1 aliphatic rings. The summed E-state index contributed by atoms with van der Waals surface area (Å²) in [6.07, 6.45) is 6.60. The van der Waals surface area contributed by atoms with Crippen molar-refractivity contribution in [3.63, 3.8) is 0 Å². The Kier molecular flexibility index (Phi) is 3.87. The zero-order valence-electron chi connectivity index (χ0n) is 9.66. The van der Waals surface area contributed by atoms with Crippen LogP contribution in [0.3, 0.4) is 0 Å². The highest BCUT2D eigenvalue weighted by Crippen LogP contribution is 2.18. The third kappa shape index (κ3) is 2.91. The van der Waals surface area contributed by atoms with Gasteiger partial charge in [-0.1, -0.05) is 11.6 Å². The minimum atomic E-state index is -0.00226. The Morgan fingerprint density at radius 1 is 1.47 bits per heavy atom. The van der Waals surface area contributed by atoms with Crippen LogP contribution in [-0.2, 0) is 6.54 Å². The zero-order chi connectivity index (χ0) is 12.1. The SMILES string of the molecule is NC(=NO)C1CCCCN1Cc1ncccn1. The summed E-state index contributed by atoms with van der Waals surface area (Å²) >= 11 is 0. The monoisotopic (exact) mass is 235 g/mol. The molecule has 17 heavy (non-hydrogen) atoms. The van der Waals surface area contributed by atoms with Crippen molar-refractivity contribution in [3.8, 4) is 0 Å². The summed E-state index contributed by atoms with van der Waals surface area (Å²) in [6, 6.07) is 1.79. The van der Waals surface area contributed by atoms with Crippen LogP contribution in [0.4, 0.5) is 0 Å². The van der Waals surface area contributed by atoms with Gasteiger partial charge in [0, 0.05) is 12.4 Å². The summed E-state index contributed by atoms with van der Waals surface area (Å²) in [7, 11) is 0. The fraction of sp³-hybridized carbons (Fsp3) is 0.545. The maximum Gasteiger partial charge on any atom is 0.156 e. The van der Waals surface area contributed by atoms with Crippen LogP contribution in [-0.4, -0.2) is 38.5 Å². The Morgan fingerprint density at radius 2 is 2.24 bits per heavy atom. The fourth-order valence-electron chi connectivity index (χ4n) is 2.18. The van der Waals surface area contributed by atoms with Gasteiger partial charge in [-0.15, -0.1) is 0 Å². The lowest BCUT2D eigenvalue weighted by atomic mass is 10.0. The van der Waals surface area contributed by atoms with Crippen molar-refractivity contribution in [1.29, 1.82) is 0 Å². The third-order valence-corrected chi connectivity index (χ3v) is 3.03. The largest absolute Gasteiger partial charge is 0.409 e. The molecule has 2 rings (SSSR count).